The Hall–Kier alpha value is -4.81. The summed E-state index contributed by atoms with van der Waals surface area (Å²) in [6.07, 6.45) is 1.64. The molecular weight excluding hydrogens is 450 g/mol. The number of nitro benzene ring substituents is 1. The first-order chi connectivity index (χ1) is 16.6. The van der Waals surface area contributed by atoms with E-state index in [1.165, 1.54) is 17.4 Å². The van der Waals surface area contributed by atoms with Crippen LogP contribution in [-0.4, -0.2) is 15.8 Å². The Balaban J connectivity index is 1.67. The highest BCUT2D eigenvalue weighted by Crippen LogP contribution is 2.29. The Labute approximate surface area is 197 Å². The summed E-state index contributed by atoms with van der Waals surface area (Å²) < 4.78 is 7.62. The van der Waals surface area contributed by atoms with Gasteiger partial charge in [0.05, 0.1) is 22.8 Å². The SMILES string of the molecule is N#Cc1ccc(C=Nn2c(-c3cc4ccccc4o3)csc2=Nc2ccccc2[N+](=O)[O-])cc1. The molecule has 3 aromatic carbocycles. The van der Waals surface area contributed by atoms with Gasteiger partial charge in [0.1, 0.15) is 17.0 Å². The minimum absolute atomic E-state index is 0.0937. The van der Waals surface area contributed by atoms with Crippen LogP contribution in [0.5, 0.6) is 0 Å². The molecule has 0 spiro atoms. The van der Waals surface area contributed by atoms with Gasteiger partial charge in [-0.05, 0) is 35.9 Å². The fourth-order valence-electron chi connectivity index (χ4n) is 3.35. The minimum atomic E-state index is -0.461. The second-order valence-corrected chi connectivity index (χ2v) is 8.04. The number of furan rings is 1. The van der Waals surface area contributed by atoms with Crippen molar-refractivity contribution in [2.45, 2.75) is 0 Å². The van der Waals surface area contributed by atoms with Gasteiger partial charge in [-0.1, -0.05) is 42.5 Å². The quantitative estimate of drug-likeness (QED) is 0.184. The van der Waals surface area contributed by atoms with E-state index in [9.17, 15) is 10.1 Å². The average Bonchev–Trinajstić information content (AvgIpc) is 3.47. The van der Waals surface area contributed by atoms with Gasteiger partial charge in [-0.3, -0.25) is 10.1 Å². The number of fused-ring (bicyclic) bond motifs is 1. The molecule has 9 heteroatoms. The van der Waals surface area contributed by atoms with Gasteiger partial charge < -0.3 is 4.42 Å². The lowest BCUT2D eigenvalue weighted by atomic mass is 10.2. The van der Waals surface area contributed by atoms with Crippen molar-refractivity contribution in [3.8, 4) is 17.5 Å². The second-order valence-electron chi connectivity index (χ2n) is 7.20. The van der Waals surface area contributed by atoms with Gasteiger partial charge in [-0.25, -0.2) is 9.67 Å². The van der Waals surface area contributed by atoms with Crippen molar-refractivity contribution in [2.75, 3.05) is 0 Å². The molecule has 0 saturated carbocycles. The van der Waals surface area contributed by atoms with Gasteiger partial charge >= 0.3 is 0 Å². The van der Waals surface area contributed by atoms with Gasteiger partial charge in [0.2, 0.25) is 4.80 Å². The predicted octanol–water partition coefficient (Wildman–Crippen LogP) is 5.86. The van der Waals surface area contributed by atoms with E-state index in [2.05, 4.69) is 16.2 Å². The molecule has 5 rings (SSSR count). The van der Waals surface area contributed by atoms with Gasteiger partial charge in [0.15, 0.2) is 5.76 Å². The maximum Gasteiger partial charge on any atom is 0.294 e. The fraction of sp³-hybridized carbons (Fsp3) is 0. The lowest BCUT2D eigenvalue weighted by Crippen LogP contribution is -2.11. The average molecular weight is 465 g/mol. The van der Waals surface area contributed by atoms with E-state index in [-0.39, 0.29) is 11.4 Å². The zero-order valence-corrected chi connectivity index (χ0v) is 18.3. The summed E-state index contributed by atoms with van der Waals surface area (Å²) in [5, 5.41) is 27.9. The zero-order valence-electron chi connectivity index (χ0n) is 17.5. The number of nitriles is 1. The number of thiazole rings is 1. The molecule has 5 aromatic rings. The van der Waals surface area contributed by atoms with E-state index in [1.807, 2.05) is 35.7 Å². The number of benzene rings is 3. The minimum Gasteiger partial charge on any atom is -0.454 e. The summed E-state index contributed by atoms with van der Waals surface area (Å²) >= 11 is 1.29. The van der Waals surface area contributed by atoms with Crippen molar-refractivity contribution in [1.82, 2.24) is 4.68 Å². The molecule has 2 heterocycles. The molecule has 0 amide bonds. The van der Waals surface area contributed by atoms with Crippen LogP contribution in [0.3, 0.4) is 0 Å². The van der Waals surface area contributed by atoms with Crippen molar-refractivity contribution in [3.63, 3.8) is 0 Å². The van der Waals surface area contributed by atoms with Crippen molar-refractivity contribution in [3.05, 3.63) is 110 Å². The number of hydrogen-bond donors (Lipinski definition) is 0. The van der Waals surface area contributed by atoms with Crippen molar-refractivity contribution < 1.29 is 9.34 Å². The van der Waals surface area contributed by atoms with Crippen LogP contribution in [0.2, 0.25) is 0 Å². The molecule has 0 N–H and O–H groups in total. The summed E-state index contributed by atoms with van der Waals surface area (Å²) in [4.78, 5) is 16.0. The van der Waals surface area contributed by atoms with Gasteiger partial charge in [0, 0.05) is 16.8 Å². The molecule has 0 aliphatic rings. The zero-order chi connectivity index (χ0) is 23.5. The monoisotopic (exact) mass is 465 g/mol. The van der Waals surface area contributed by atoms with Crippen LogP contribution in [0.4, 0.5) is 11.4 Å². The Morgan fingerprint density at radius 1 is 1.06 bits per heavy atom. The fourth-order valence-corrected chi connectivity index (χ4v) is 4.18. The highest BCUT2D eigenvalue weighted by atomic mass is 32.1. The maximum atomic E-state index is 11.5. The van der Waals surface area contributed by atoms with Gasteiger partial charge in [0.25, 0.3) is 5.69 Å². The van der Waals surface area contributed by atoms with Crippen LogP contribution >= 0.6 is 11.3 Å². The Morgan fingerprint density at radius 2 is 1.82 bits per heavy atom. The standard InChI is InChI=1S/C25H15N5O3S/c26-14-17-9-11-18(12-10-17)15-27-29-22(24-13-19-5-1-4-8-23(19)33-24)16-34-25(29)28-20-6-2-3-7-21(20)30(31)32/h1-13,15-16H. The molecule has 164 valence electrons. The predicted molar refractivity (Wildman–Crippen MR) is 130 cm³/mol. The highest BCUT2D eigenvalue weighted by Gasteiger charge is 2.15. The van der Waals surface area contributed by atoms with Crippen LogP contribution in [0.25, 0.3) is 22.4 Å². The molecule has 8 nitrogen and oxygen atoms in total. The summed E-state index contributed by atoms with van der Waals surface area (Å²) in [7, 11) is 0. The molecule has 0 fully saturated rings. The Morgan fingerprint density at radius 3 is 2.59 bits per heavy atom. The lowest BCUT2D eigenvalue weighted by molar-refractivity contribution is -0.384. The van der Waals surface area contributed by atoms with Gasteiger partial charge in [-0.15, -0.1) is 11.3 Å². The molecule has 0 saturated heterocycles. The van der Waals surface area contributed by atoms with Crippen molar-refractivity contribution in [2.24, 2.45) is 10.1 Å². The van der Waals surface area contributed by atoms with Gasteiger partial charge in [-0.2, -0.15) is 10.4 Å². The summed E-state index contributed by atoms with van der Waals surface area (Å²) in [6.45, 7) is 0. The third kappa shape index (κ3) is 4.13. The van der Waals surface area contributed by atoms with Crippen LogP contribution < -0.4 is 4.80 Å². The summed E-state index contributed by atoms with van der Waals surface area (Å²) in [6, 6.07) is 25.0. The Bertz CT molecular complexity index is 1620. The van der Waals surface area contributed by atoms with E-state index in [1.54, 1.807) is 53.4 Å². The topological polar surface area (TPSA) is 110 Å². The highest BCUT2D eigenvalue weighted by molar-refractivity contribution is 7.07. The van der Waals surface area contributed by atoms with E-state index >= 15 is 0 Å². The molecule has 0 unspecified atom stereocenters. The first-order valence-electron chi connectivity index (χ1n) is 10.1. The largest absolute Gasteiger partial charge is 0.454 e. The van der Waals surface area contributed by atoms with Crippen molar-refractivity contribution in [1.29, 1.82) is 5.26 Å². The number of aromatic nitrogens is 1. The van der Waals surface area contributed by atoms with Crippen LogP contribution in [0, 0.1) is 21.4 Å². The van der Waals surface area contributed by atoms with Crippen LogP contribution in [0.15, 0.2) is 98.8 Å². The molecule has 0 aliphatic carbocycles. The Kier molecular flexibility index (Phi) is 5.56. The summed E-state index contributed by atoms with van der Waals surface area (Å²) in [5.74, 6) is 0.596. The number of rotatable bonds is 5. The third-order valence-corrected chi connectivity index (χ3v) is 5.84. The first-order valence-corrected chi connectivity index (χ1v) is 11.0. The van der Waals surface area contributed by atoms with E-state index in [0.717, 1.165) is 16.5 Å². The number of hydrogen-bond acceptors (Lipinski definition) is 7. The van der Waals surface area contributed by atoms with E-state index in [0.29, 0.717) is 21.8 Å². The maximum absolute atomic E-state index is 11.5. The smallest absolute Gasteiger partial charge is 0.294 e. The van der Waals surface area contributed by atoms with Crippen LogP contribution in [0.1, 0.15) is 11.1 Å². The van der Waals surface area contributed by atoms with E-state index in [4.69, 9.17) is 9.68 Å². The number of nitrogens with zero attached hydrogens (tertiary/aromatic N) is 5. The second kappa shape index (κ2) is 8.97. The lowest BCUT2D eigenvalue weighted by Gasteiger charge is -2.01. The molecule has 0 radical (unpaired) electrons. The molecule has 0 aliphatic heterocycles. The first kappa shape index (κ1) is 21.1. The van der Waals surface area contributed by atoms with Crippen molar-refractivity contribution >= 4 is 39.9 Å². The number of nitro groups is 1. The third-order valence-electron chi connectivity index (χ3n) is 5.02. The summed E-state index contributed by atoms with van der Waals surface area (Å²) in [5.41, 5.74) is 2.86. The molecular formula is C25H15N5O3S. The van der Waals surface area contributed by atoms with Crippen LogP contribution in [-0.2, 0) is 0 Å². The van der Waals surface area contributed by atoms with E-state index < -0.39 is 4.92 Å². The molecule has 0 atom stereocenters. The molecule has 2 aromatic heterocycles. The molecule has 0 bridgehead atoms. The normalized spacial score (nSPS) is 11.8. The number of para-hydroxylation sites is 3. The molecule has 34 heavy (non-hydrogen) atoms.